The maximum Gasteiger partial charge on any atom is 0.306 e. The first-order valence-electron chi connectivity index (χ1n) is 9.41. The van der Waals surface area contributed by atoms with E-state index in [1.54, 1.807) is 12.4 Å². The highest BCUT2D eigenvalue weighted by Crippen LogP contribution is 2.44. The molecular formula is C22H19N3O3. The number of rotatable bonds is 6. The second-order valence-corrected chi connectivity index (χ2v) is 7.08. The van der Waals surface area contributed by atoms with Crippen molar-refractivity contribution in [1.82, 2.24) is 14.5 Å². The van der Waals surface area contributed by atoms with Gasteiger partial charge in [0, 0.05) is 11.6 Å². The van der Waals surface area contributed by atoms with Gasteiger partial charge in [-0.15, -0.1) is 0 Å². The van der Waals surface area contributed by atoms with Crippen molar-refractivity contribution in [3.8, 4) is 11.7 Å². The minimum Gasteiger partial charge on any atom is -0.481 e. The molecule has 1 aliphatic rings. The van der Waals surface area contributed by atoms with Crippen LogP contribution in [0, 0.1) is 0 Å². The van der Waals surface area contributed by atoms with Gasteiger partial charge in [-0.05, 0) is 41.8 Å². The molecule has 0 atom stereocenters. The molecule has 0 radical (unpaired) electrons. The van der Waals surface area contributed by atoms with Crippen molar-refractivity contribution in [1.29, 1.82) is 0 Å². The Morgan fingerprint density at radius 2 is 1.96 bits per heavy atom. The van der Waals surface area contributed by atoms with Crippen LogP contribution >= 0.6 is 0 Å². The number of fused-ring (bicyclic) bond motifs is 2. The molecule has 0 bridgehead atoms. The van der Waals surface area contributed by atoms with E-state index in [1.165, 1.54) is 23.8 Å². The van der Waals surface area contributed by atoms with Crippen molar-refractivity contribution < 1.29 is 14.6 Å². The summed E-state index contributed by atoms with van der Waals surface area (Å²) in [7, 11) is 0. The summed E-state index contributed by atoms with van der Waals surface area (Å²) in [5.41, 5.74) is 3.95. The predicted molar refractivity (Wildman–Crippen MR) is 106 cm³/mol. The quantitative estimate of drug-likeness (QED) is 0.545. The first-order valence-corrected chi connectivity index (χ1v) is 9.41. The average molecular weight is 373 g/mol. The monoisotopic (exact) mass is 373 g/mol. The van der Waals surface area contributed by atoms with Gasteiger partial charge in [0.05, 0.1) is 23.8 Å². The second-order valence-electron chi connectivity index (χ2n) is 7.08. The number of aliphatic carboxylic acids is 1. The first kappa shape index (κ1) is 16.7. The van der Waals surface area contributed by atoms with Gasteiger partial charge in [0.15, 0.2) is 0 Å². The largest absolute Gasteiger partial charge is 0.481 e. The molecule has 2 heterocycles. The molecule has 0 saturated heterocycles. The smallest absolute Gasteiger partial charge is 0.306 e. The Hall–Kier alpha value is -3.41. The Labute approximate surface area is 161 Å². The molecular weight excluding hydrogens is 354 g/mol. The Morgan fingerprint density at radius 1 is 1.14 bits per heavy atom. The van der Waals surface area contributed by atoms with Crippen LogP contribution in [0.1, 0.15) is 30.7 Å². The number of pyridine rings is 1. The molecule has 1 N–H and O–H groups in total. The zero-order valence-corrected chi connectivity index (χ0v) is 15.2. The molecule has 1 saturated carbocycles. The van der Waals surface area contributed by atoms with Gasteiger partial charge < -0.3 is 9.84 Å². The van der Waals surface area contributed by atoms with E-state index in [1.807, 2.05) is 16.7 Å². The van der Waals surface area contributed by atoms with Crippen LogP contribution < -0.4 is 4.74 Å². The van der Waals surface area contributed by atoms with E-state index in [4.69, 9.17) is 9.84 Å². The maximum atomic E-state index is 10.9. The lowest BCUT2D eigenvalue weighted by atomic mass is 9.99. The Balaban J connectivity index is 1.70. The van der Waals surface area contributed by atoms with Crippen LogP contribution in [0.25, 0.3) is 27.5 Å². The number of hydrogen-bond donors (Lipinski definition) is 1. The van der Waals surface area contributed by atoms with Gasteiger partial charge in [0.2, 0.25) is 0 Å². The van der Waals surface area contributed by atoms with Crippen LogP contribution in [0.3, 0.4) is 0 Å². The topological polar surface area (TPSA) is 77.2 Å². The standard InChI is InChI=1S/C22H19N3O3/c26-21(27)10-12-28-22-24-18-13-23-11-9-20(18)25(22)19-8-7-15(14-5-6-14)16-3-1-2-4-17(16)19/h1-4,7-9,11,13-14H,5-6,10,12H2,(H,26,27). The third-order valence-corrected chi connectivity index (χ3v) is 5.17. The van der Waals surface area contributed by atoms with Gasteiger partial charge in [-0.25, -0.2) is 0 Å². The molecule has 2 aromatic carbocycles. The van der Waals surface area contributed by atoms with Crippen LogP contribution in [0.2, 0.25) is 0 Å². The molecule has 6 nitrogen and oxygen atoms in total. The maximum absolute atomic E-state index is 10.9. The highest BCUT2D eigenvalue weighted by atomic mass is 16.5. The third-order valence-electron chi connectivity index (χ3n) is 5.17. The second kappa shape index (κ2) is 6.64. The highest BCUT2D eigenvalue weighted by molar-refractivity contribution is 5.95. The van der Waals surface area contributed by atoms with E-state index in [0.29, 0.717) is 17.4 Å². The molecule has 0 spiro atoms. The Kier molecular flexibility index (Phi) is 3.97. The normalized spacial score (nSPS) is 13.9. The lowest BCUT2D eigenvalue weighted by molar-refractivity contribution is -0.137. The van der Waals surface area contributed by atoms with Crippen LogP contribution in [0.15, 0.2) is 54.9 Å². The molecule has 0 aliphatic heterocycles. The molecule has 0 amide bonds. The molecule has 0 unspecified atom stereocenters. The number of imidazole rings is 1. The summed E-state index contributed by atoms with van der Waals surface area (Å²) in [5, 5.41) is 11.3. The number of carboxylic acids is 1. The summed E-state index contributed by atoms with van der Waals surface area (Å²) in [6.07, 6.45) is 5.82. The van der Waals surface area contributed by atoms with E-state index < -0.39 is 5.97 Å². The van der Waals surface area contributed by atoms with Gasteiger partial charge in [0.25, 0.3) is 0 Å². The Bertz CT molecular complexity index is 1190. The lowest BCUT2D eigenvalue weighted by Crippen LogP contribution is -2.08. The SMILES string of the molecule is O=C(O)CCOc1nc2cnccc2n1-c1ccc(C2CC2)c2ccccc12. The molecule has 6 heteroatoms. The number of benzene rings is 2. The fourth-order valence-electron chi connectivity index (χ4n) is 3.72. The fourth-order valence-corrected chi connectivity index (χ4v) is 3.72. The lowest BCUT2D eigenvalue weighted by Gasteiger charge is -2.14. The third kappa shape index (κ3) is 2.87. The molecule has 1 aliphatic carbocycles. The van der Waals surface area contributed by atoms with E-state index >= 15 is 0 Å². The van der Waals surface area contributed by atoms with Crippen molar-refractivity contribution in [2.24, 2.45) is 0 Å². The van der Waals surface area contributed by atoms with Crippen molar-refractivity contribution in [2.45, 2.75) is 25.2 Å². The summed E-state index contributed by atoms with van der Waals surface area (Å²) in [6.45, 7) is 0.0597. The predicted octanol–water partition coefficient (Wildman–Crippen LogP) is 4.30. The number of ether oxygens (including phenoxy) is 1. The molecule has 2 aromatic heterocycles. The van der Waals surface area contributed by atoms with Crippen molar-refractivity contribution in [3.05, 3.63) is 60.4 Å². The summed E-state index contributed by atoms with van der Waals surface area (Å²) in [5.74, 6) is -0.252. The first-order chi connectivity index (χ1) is 13.7. The van der Waals surface area contributed by atoms with E-state index in [2.05, 4.69) is 40.3 Å². The number of carboxylic acid groups (broad SMARTS) is 1. The average Bonchev–Trinajstić information content (AvgIpc) is 3.48. The van der Waals surface area contributed by atoms with E-state index in [9.17, 15) is 4.79 Å². The van der Waals surface area contributed by atoms with Gasteiger partial charge >= 0.3 is 12.0 Å². The van der Waals surface area contributed by atoms with Crippen LogP contribution in [-0.4, -0.2) is 32.2 Å². The number of carbonyl (C=O) groups is 1. The zero-order chi connectivity index (χ0) is 19.1. The van der Waals surface area contributed by atoms with Gasteiger partial charge in [-0.2, -0.15) is 4.98 Å². The summed E-state index contributed by atoms with van der Waals surface area (Å²) in [4.78, 5) is 19.6. The molecule has 140 valence electrons. The summed E-state index contributed by atoms with van der Waals surface area (Å²) in [6, 6.07) is 15.0. The molecule has 1 fully saturated rings. The van der Waals surface area contributed by atoms with E-state index in [-0.39, 0.29) is 13.0 Å². The zero-order valence-electron chi connectivity index (χ0n) is 15.2. The number of aromatic nitrogens is 3. The van der Waals surface area contributed by atoms with Crippen molar-refractivity contribution >= 4 is 27.8 Å². The van der Waals surface area contributed by atoms with Crippen LogP contribution in [0.4, 0.5) is 0 Å². The molecule has 28 heavy (non-hydrogen) atoms. The van der Waals surface area contributed by atoms with E-state index in [0.717, 1.165) is 16.6 Å². The fraction of sp³-hybridized carbons (Fsp3) is 0.227. The Morgan fingerprint density at radius 3 is 2.75 bits per heavy atom. The number of hydrogen-bond acceptors (Lipinski definition) is 4. The highest BCUT2D eigenvalue weighted by Gasteiger charge is 2.26. The minimum atomic E-state index is -0.899. The number of nitrogens with zero attached hydrogens (tertiary/aromatic N) is 3. The minimum absolute atomic E-state index is 0.0597. The van der Waals surface area contributed by atoms with Crippen molar-refractivity contribution in [2.75, 3.05) is 6.61 Å². The summed E-state index contributed by atoms with van der Waals surface area (Å²) < 4.78 is 7.73. The van der Waals surface area contributed by atoms with Crippen LogP contribution in [0.5, 0.6) is 6.01 Å². The molecule has 5 rings (SSSR count). The summed E-state index contributed by atoms with van der Waals surface area (Å²) >= 11 is 0. The van der Waals surface area contributed by atoms with Crippen LogP contribution in [-0.2, 0) is 4.79 Å². The van der Waals surface area contributed by atoms with Crippen molar-refractivity contribution in [3.63, 3.8) is 0 Å². The van der Waals surface area contributed by atoms with Gasteiger partial charge in [-0.3, -0.25) is 14.3 Å². The molecule has 4 aromatic rings. The van der Waals surface area contributed by atoms with Gasteiger partial charge in [0.1, 0.15) is 12.1 Å². The van der Waals surface area contributed by atoms with Gasteiger partial charge in [-0.1, -0.05) is 30.3 Å².